The number of aliphatic hydroxyl groups is 1. The minimum Gasteiger partial charge on any atom is -0.362 e. The van der Waals surface area contributed by atoms with E-state index in [-0.39, 0.29) is 16.3 Å². The van der Waals surface area contributed by atoms with Crippen LogP contribution in [0, 0.1) is 0 Å². The monoisotopic (exact) mass is 396 g/mol. The van der Waals surface area contributed by atoms with Crippen molar-refractivity contribution in [1.82, 2.24) is 5.01 Å². The van der Waals surface area contributed by atoms with Crippen LogP contribution in [-0.4, -0.2) is 33.6 Å². The van der Waals surface area contributed by atoms with E-state index in [0.717, 1.165) is 12.0 Å². The predicted molar refractivity (Wildman–Crippen MR) is 95.6 cm³/mol. The lowest BCUT2D eigenvalue weighted by molar-refractivity contribution is -0.297. The minimum atomic E-state index is -5.08. The molecule has 0 saturated heterocycles. The van der Waals surface area contributed by atoms with Crippen molar-refractivity contribution >= 4 is 23.2 Å². The van der Waals surface area contributed by atoms with Gasteiger partial charge < -0.3 is 5.11 Å². The third kappa shape index (κ3) is 3.57. The van der Waals surface area contributed by atoms with Crippen LogP contribution in [0.1, 0.15) is 34.8 Å². The molecule has 1 aliphatic heterocycles. The first kappa shape index (κ1) is 19.4. The zero-order chi connectivity index (χ0) is 19.8. The fourth-order valence-corrected chi connectivity index (χ4v) is 2.91. The zero-order valence-electron chi connectivity index (χ0n) is 14.3. The van der Waals surface area contributed by atoms with Gasteiger partial charge in [0.25, 0.3) is 11.6 Å². The third-order valence-corrected chi connectivity index (χ3v) is 4.67. The number of benzene rings is 2. The van der Waals surface area contributed by atoms with Gasteiger partial charge in [-0.1, -0.05) is 42.8 Å². The first-order valence-corrected chi connectivity index (χ1v) is 8.59. The minimum absolute atomic E-state index is 0.0141. The van der Waals surface area contributed by atoms with Gasteiger partial charge in [0.05, 0.1) is 12.1 Å². The van der Waals surface area contributed by atoms with Crippen LogP contribution in [0.3, 0.4) is 0 Å². The van der Waals surface area contributed by atoms with Crippen molar-refractivity contribution in [2.45, 2.75) is 31.7 Å². The number of halogens is 4. The van der Waals surface area contributed by atoms with Gasteiger partial charge in [0, 0.05) is 10.6 Å². The molecule has 1 N–H and O–H groups in total. The van der Waals surface area contributed by atoms with Crippen molar-refractivity contribution in [2.75, 3.05) is 0 Å². The molecular formula is C19H16ClF3N2O2. The van der Waals surface area contributed by atoms with Crippen LogP contribution in [0.2, 0.25) is 5.02 Å². The number of nitrogens with zero attached hydrogens (tertiary/aromatic N) is 2. The number of carbonyl (C=O) groups is 1. The van der Waals surface area contributed by atoms with Gasteiger partial charge in [-0.15, -0.1) is 0 Å². The first-order valence-electron chi connectivity index (χ1n) is 8.21. The van der Waals surface area contributed by atoms with E-state index in [0.29, 0.717) is 10.6 Å². The normalized spacial score (nSPS) is 19.9. The Bertz CT molecular complexity index is 879. The molecule has 142 valence electrons. The molecule has 0 saturated carbocycles. The van der Waals surface area contributed by atoms with Crippen LogP contribution in [0.5, 0.6) is 0 Å². The van der Waals surface area contributed by atoms with E-state index in [1.807, 2.05) is 6.92 Å². The average Bonchev–Trinajstić information content (AvgIpc) is 3.01. The summed E-state index contributed by atoms with van der Waals surface area (Å²) in [5.41, 5.74) is -2.06. The predicted octanol–water partition coefficient (Wildman–Crippen LogP) is 4.40. The molecule has 0 aliphatic carbocycles. The van der Waals surface area contributed by atoms with E-state index >= 15 is 0 Å². The Morgan fingerprint density at radius 1 is 1.19 bits per heavy atom. The van der Waals surface area contributed by atoms with E-state index in [2.05, 4.69) is 5.10 Å². The molecule has 1 aliphatic rings. The molecule has 0 unspecified atom stereocenters. The van der Waals surface area contributed by atoms with Crippen molar-refractivity contribution < 1.29 is 23.1 Å². The molecule has 0 radical (unpaired) electrons. The average molecular weight is 397 g/mol. The highest BCUT2D eigenvalue weighted by Gasteiger charge is 2.63. The number of hydrazone groups is 1. The molecule has 27 heavy (non-hydrogen) atoms. The standard InChI is InChI=1S/C19H16ClF3N2O2/c1-2-12-3-5-13(6-4-12)16-11-18(27,19(21,22)23)25(24-16)17(26)14-7-9-15(20)10-8-14/h3-10,27H,2,11H2,1H3/t18-/m1/s1. The molecule has 0 spiro atoms. The number of aryl methyl sites for hydroxylation is 1. The maximum Gasteiger partial charge on any atom is 0.438 e. The molecule has 2 aromatic carbocycles. The van der Waals surface area contributed by atoms with Gasteiger partial charge in [0.2, 0.25) is 0 Å². The fraction of sp³-hybridized carbons (Fsp3) is 0.263. The van der Waals surface area contributed by atoms with Crippen molar-refractivity contribution in [1.29, 1.82) is 0 Å². The van der Waals surface area contributed by atoms with Gasteiger partial charge in [-0.2, -0.15) is 23.3 Å². The van der Waals surface area contributed by atoms with Crippen molar-refractivity contribution in [3.63, 3.8) is 0 Å². The van der Waals surface area contributed by atoms with Crippen molar-refractivity contribution in [3.8, 4) is 0 Å². The molecule has 3 rings (SSSR count). The molecule has 0 bridgehead atoms. The summed E-state index contributed by atoms with van der Waals surface area (Å²) in [7, 11) is 0. The lowest BCUT2D eigenvalue weighted by Crippen LogP contribution is -2.56. The summed E-state index contributed by atoms with van der Waals surface area (Å²) in [6.07, 6.45) is -5.15. The second kappa shape index (κ2) is 6.98. The van der Waals surface area contributed by atoms with Crippen LogP contribution in [0.25, 0.3) is 0 Å². The Morgan fingerprint density at radius 2 is 1.78 bits per heavy atom. The maximum absolute atomic E-state index is 13.6. The van der Waals surface area contributed by atoms with Crippen LogP contribution in [0.4, 0.5) is 13.2 Å². The number of amides is 1. The lowest BCUT2D eigenvalue weighted by Gasteiger charge is -2.32. The Kier molecular flexibility index (Phi) is 5.01. The molecule has 0 aromatic heterocycles. The van der Waals surface area contributed by atoms with Gasteiger partial charge in [-0.25, -0.2) is 0 Å². The second-order valence-electron chi connectivity index (χ2n) is 6.21. The SMILES string of the molecule is CCc1ccc(C2=NN(C(=O)c3ccc(Cl)cc3)[C@](O)(C(F)(F)F)C2)cc1. The van der Waals surface area contributed by atoms with E-state index in [1.165, 1.54) is 24.3 Å². The zero-order valence-corrected chi connectivity index (χ0v) is 15.1. The second-order valence-corrected chi connectivity index (χ2v) is 6.65. The quantitative estimate of drug-likeness (QED) is 0.835. The Morgan fingerprint density at radius 3 is 2.30 bits per heavy atom. The highest BCUT2D eigenvalue weighted by molar-refractivity contribution is 6.30. The fourth-order valence-electron chi connectivity index (χ4n) is 2.79. The Balaban J connectivity index is 2.01. The number of hydrogen-bond acceptors (Lipinski definition) is 3. The van der Waals surface area contributed by atoms with E-state index in [4.69, 9.17) is 11.6 Å². The highest BCUT2D eigenvalue weighted by Crippen LogP contribution is 2.42. The lowest BCUT2D eigenvalue weighted by atomic mass is 9.99. The smallest absolute Gasteiger partial charge is 0.362 e. The van der Waals surface area contributed by atoms with Gasteiger partial charge in [0.1, 0.15) is 0 Å². The molecule has 0 fully saturated rings. The Labute approximate surface area is 158 Å². The summed E-state index contributed by atoms with van der Waals surface area (Å²) in [5.74, 6) is -1.06. The number of alkyl halides is 3. The summed E-state index contributed by atoms with van der Waals surface area (Å²) in [6.45, 7) is 1.96. The topological polar surface area (TPSA) is 52.9 Å². The maximum atomic E-state index is 13.6. The molecule has 8 heteroatoms. The highest BCUT2D eigenvalue weighted by atomic mass is 35.5. The van der Waals surface area contributed by atoms with Crippen molar-refractivity contribution in [3.05, 3.63) is 70.2 Å². The first-order chi connectivity index (χ1) is 12.7. The molecule has 1 atom stereocenters. The summed E-state index contributed by atoms with van der Waals surface area (Å²) in [6, 6.07) is 12.1. The van der Waals surface area contributed by atoms with E-state index < -0.39 is 24.2 Å². The largest absolute Gasteiger partial charge is 0.438 e. The summed E-state index contributed by atoms with van der Waals surface area (Å²) in [5, 5.41) is 14.6. The van der Waals surface area contributed by atoms with Gasteiger partial charge in [-0.05, 0) is 41.8 Å². The number of rotatable bonds is 3. The molecular weight excluding hydrogens is 381 g/mol. The van der Waals surface area contributed by atoms with Gasteiger partial charge >= 0.3 is 6.18 Å². The Hall–Kier alpha value is -2.38. The summed E-state index contributed by atoms with van der Waals surface area (Å²) in [4.78, 5) is 12.6. The summed E-state index contributed by atoms with van der Waals surface area (Å²) >= 11 is 5.75. The summed E-state index contributed by atoms with van der Waals surface area (Å²) < 4.78 is 40.8. The van der Waals surface area contributed by atoms with Crippen LogP contribution in [-0.2, 0) is 6.42 Å². The van der Waals surface area contributed by atoms with Crippen molar-refractivity contribution in [2.24, 2.45) is 5.10 Å². The van der Waals surface area contributed by atoms with Crippen LogP contribution < -0.4 is 0 Å². The third-order valence-electron chi connectivity index (χ3n) is 4.42. The molecule has 2 aromatic rings. The number of carbonyl (C=O) groups excluding carboxylic acids is 1. The van der Waals surface area contributed by atoms with Crippen LogP contribution >= 0.6 is 11.6 Å². The van der Waals surface area contributed by atoms with E-state index in [1.54, 1.807) is 24.3 Å². The number of hydrogen-bond donors (Lipinski definition) is 1. The van der Waals surface area contributed by atoms with Gasteiger partial charge in [-0.3, -0.25) is 4.79 Å². The molecule has 4 nitrogen and oxygen atoms in total. The van der Waals surface area contributed by atoms with Gasteiger partial charge in [0.15, 0.2) is 0 Å². The molecule has 1 heterocycles. The van der Waals surface area contributed by atoms with E-state index in [9.17, 15) is 23.1 Å². The molecule has 1 amide bonds. The van der Waals surface area contributed by atoms with Crippen LogP contribution in [0.15, 0.2) is 53.6 Å².